The van der Waals surface area contributed by atoms with Crippen molar-refractivity contribution in [2.45, 2.75) is 13.8 Å². The molecule has 0 fully saturated rings. The zero-order valence-corrected chi connectivity index (χ0v) is 12.1. The lowest BCUT2D eigenvalue weighted by Crippen LogP contribution is -2.09. The highest BCUT2D eigenvalue weighted by molar-refractivity contribution is 6.05. The summed E-state index contributed by atoms with van der Waals surface area (Å²) in [5, 5.41) is 1.95. The van der Waals surface area contributed by atoms with Crippen LogP contribution in [0.4, 0.5) is 0 Å². The molecule has 0 spiro atoms. The third kappa shape index (κ3) is 2.65. The third-order valence-electron chi connectivity index (χ3n) is 3.70. The molecule has 0 unspecified atom stereocenters. The van der Waals surface area contributed by atoms with Gasteiger partial charge in [-0.2, -0.15) is 0 Å². The van der Waals surface area contributed by atoms with Gasteiger partial charge in [0, 0.05) is 0 Å². The minimum atomic E-state index is -0.324. The minimum Gasteiger partial charge on any atom is -0.423 e. The maximum Gasteiger partial charge on any atom is 0.344 e. The Morgan fingerprint density at radius 2 is 1.62 bits per heavy atom. The number of fused-ring (bicyclic) bond motifs is 1. The number of hydrogen-bond donors (Lipinski definition) is 0. The first-order chi connectivity index (χ1) is 10.1. The van der Waals surface area contributed by atoms with E-state index in [0.29, 0.717) is 11.3 Å². The first-order valence-corrected chi connectivity index (χ1v) is 6.92. The highest BCUT2D eigenvalue weighted by Crippen LogP contribution is 2.22. The van der Waals surface area contributed by atoms with Crippen LogP contribution in [0, 0.1) is 13.8 Å². The predicted molar refractivity (Wildman–Crippen MR) is 84.8 cm³/mol. The molecule has 21 heavy (non-hydrogen) atoms. The molecule has 0 aliphatic rings. The Kier molecular flexibility index (Phi) is 3.44. The second-order valence-corrected chi connectivity index (χ2v) is 5.16. The van der Waals surface area contributed by atoms with Crippen LogP contribution in [-0.2, 0) is 0 Å². The second-order valence-electron chi connectivity index (χ2n) is 5.16. The Morgan fingerprint density at radius 1 is 0.857 bits per heavy atom. The largest absolute Gasteiger partial charge is 0.423 e. The number of hydrogen-bond acceptors (Lipinski definition) is 2. The maximum atomic E-state index is 12.4. The van der Waals surface area contributed by atoms with Gasteiger partial charge < -0.3 is 4.74 Å². The molecule has 0 atom stereocenters. The van der Waals surface area contributed by atoms with Crippen molar-refractivity contribution in [3.8, 4) is 5.75 Å². The summed E-state index contributed by atoms with van der Waals surface area (Å²) in [6.07, 6.45) is 0. The molecule has 0 amide bonds. The average Bonchev–Trinajstić information content (AvgIpc) is 2.50. The lowest BCUT2D eigenvalue weighted by molar-refractivity contribution is 0.0737. The number of carbonyl (C=O) groups is 1. The Labute approximate surface area is 124 Å². The average molecular weight is 276 g/mol. The fraction of sp³-hybridized carbons (Fsp3) is 0.105. The lowest BCUT2D eigenvalue weighted by Gasteiger charge is -2.08. The van der Waals surface area contributed by atoms with Gasteiger partial charge in [0.25, 0.3) is 0 Å². The molecule has 0 aliphatic heterocycles. The fourth-order valence-corrected chi connectivity index (χ4v) is 2.34. The standard InChI is InChI=1S/C19H16O2/c1-13-10-11-16(12-14(13)2)21-19(20)18-9-5-7-15-6-3-4-8-17(15)18/h3-12H,1-2H3. The summed E-state index contributed by atoms with van der Waals surface area (Å²) < 4.78 is 5.51. The molecule has 0 aromatic heterocycles. The van der Waals surface area contributed by atoms with Gasteiger partial charge in [-0.15, -0.1) is 0 Å². The second kappa shape index (κ2) is 5.41. The highest BCUT2D eigenvalue weighted by Gasteiger charge is 2.12. The van der Waals surface area contributed by atoms with Gasteiger partial charge in [-0.3, -0.25) is 0 Å². The summed E-state index contributed by atoms with van der Waals surface area (Å²) in [7, 11) is 0. The SMILES string of the molecule is Cc1ccc(OC(=O)c2cccc3ccccc23)cc1C. The number of carbonyl (C=O) groups excluding carboxylic acids is 1. The van der Waals surface area contributed by atoms with E-state index in [4.69, 9.17) is 4.74 Å². The predicted octanol–water partition coefficient (Wildman–Crippen LogP) is 4.68. The molecule has 0 bridgehead atoms. The summed E-state index contributed by atoms with van der Waals surface area (Å²) >= 11 is 0. The number of rotatable bonds is 2. The van der Waals surface area contributed by atoms with Crippen LogP contribution in [0.2, 0.25) is 0 Å². The van der Waals surface area contributed by atoms with Gasteiger partial charge in [0.05, 0.1) is 5.56 Å². The molecule has 2 nitrogen and oxygen atoms in total. The van der Waals surface area contributed by atoms with Crippen molar-refractivity contribution in [2.75, 3.05) is 0 Å². The third-order valence-corrected chi connectivity index (χ3v) is 3.70. The van der Waals surface area contributed by atoms with E-state index in [0.717, 1.165) is 16.3 Å². The van der Waals surface area contributed by atoms with Crippen LogP contribution >= 0.6 is 0 Å². The quantitative estimate of drug-likeness (QED) is 0.502. The zero-order chi connectivity index (χ0) is 14.8. The van der Waals surface area contributed by atoms with Crippen molar-refractivity contribution < 1.29 is 9.53 Å². The fourth-order valence-electron chi connectivity index (χ4n) is 2.34. The minimum absolute atomic E-state index is 0.324. The lowest BCUT2D eigenvalue weighted by atomic mass is 10.0. The van der Waals surface area contributed by atoms with Crippen molar-refractivity contribution >= 4 is 16.7 Å². The van der Waals surface area contributed by atoms with Gasteiger partial charge in [-0.1, -0.05) is 42.5 Å². The van der Waals surface area contributed by atoms with Crippen molar-refractivity contribution in [2.24, 2.45) is 0 Å². The molecule has 0 heterocycles. The van der Waals surface area contributed by atoms with Crippen molar-refractivity contribution in [1.82, 2.24) is 0 Å². The van der Waals surface area contributed by atoms with Crippen LogP contribution in [-0.4, -0.2) is 5.97 Å². The van der Waals surface area contributed by atoms with Crippen LogP contribution in [0.1, 0.15) is 21.5 Å². The first kappa shape index (κ1) is 13.4. The van der Waals surface area contributed by atoms with Crippen molar-refractivity contribution in [3.05, 3.63) is 77.4 Å². The summed E-state index contributed by atoms with van der Waals surface area (Å²) in [6.45, 7) is 4.04. The molecule has 0 radical (unpaired) electrons. The van der Waals surface area contributed by atoms with Crippen LogP contribution in [0.25, 0.3) is 10.8 Å². The van der Waals surface area contributed by atoms with Gasteiger partial charge in [0.2, 0.25) is 0 Å². The topological polar surface area (TPSA) is 26.3 Å². The summed E-state index contributed by atoms with van der Waals surface area (Å²) in [4.78, 5) is 12.4. The summed E-state index contributed by atoms with van der Waals surface area (Å²) in [5.74, 6) is 0.256. The van der Waals surface area contributed by atoms with Crippen LogP contribution in [0.3, 0.4) is 0 Å². The van der Waals surface area contributed by atoms with Crippen LogP contribution < -0.4 is 4.74 Å². The van der Waals surface area contributed by atoms with Gasteiger partial charge in [0.1, 0.15) is 5.75 Å². The highest BCUT2D eigenvalue weighted by atomic mass is 16.5. The van der Waals surface area contributed by atoms with Gasteiger partial charge in [-0.25, -0.2) is 4.79 Å². The van der Waals surface area contributed by atoms with Crippen LogP contribution in [0.15, 0.2) is 60.7 Å². The molecule has 3 rings (SSSR count). The molecule has 104 valence electrons. The van der Waals surface area contributed by atoms with Crippen molar-refractivity contribution in [1.29, 1.82) is 0 Å². The van der Waals surface area contributed by atoms with Gasteiger partial charge in [0.15, 0.2) is 0 Å². The van der Waals surface area contributed by atoms with Gasteiger partial charge in [-0.05, 0) is 53.9 Å². The van der Waals surface area contributed by atoms with Crippen molar-refractivity contribution in [3.63, 3.8) is 0 Å². The summed E-state index contributed by atoms with van der Waals surface area (Å²) in [6, 6.07) is 19.1. The number of esters is 1. The van der Waals surface area contributed by atoms with E-state index in [1.807, 2.05) is 68.4 Å². The Morgan fingerprint density at radius 3 is 2.43 bits per heavy atom. The smallest absolute Gasteiger partial charge is 0.344 e. The van der Waals surface area contributed by atoms with E-state index in [1.54, 1.807) is 6.07 Å². The molecular formula is C19H16O2. The molecule has 0 saturated heterocycles. The van der Waals surface area contributed by atoms with E-state index in [2.05, 4.69) is 0 Å². The molecular weight excluding hydrogens is 260 g/mol. The zero-order valence-electron chi connectivity index (χ0n) is 12.1. The number of benzene rings is 3. The van der Waals surface area contributed by atoms with Gasteiger partial charge >= 0.3 is 5.97 Å². The normalized spacial score (nSPS) is 10.6. The summed E-state index contributed by atoms with van der Waals surface area (Å²) in [5.41, 5.74) is 2.88. The maximum absolute atomic E-state index is 12.4. The molecule has 0 N–H and O–H groups in total. The Bertz CT molecular complexity index is 813. The van der Waals surface area contributed by atoms with E-state index in [1.165, 1.54) is 5.56 Å². The molecule has 3 aromatic rings. The Hall–Kier alpha value is -2.61. The molecule has 2 heteroatoms. The number of ether oxygens (including phenoxy) is 1. The molecule has 3 aromatic carbocycles. The molecule has 0 saturated carbocycles. The first-order valence-electron chi connectivity index (χ1n) is 6.92. The number of aryl methyl sites for hydroxylation is 2. The Balaban J connectivity index is 1.95. The van der Waals surface area contributed by atoms with Crippen LogP contribution in [0.5, 0.6) is 5.75 Å². The van der Waals surface area contributed by atoms with E-state index in [9.17, 15) is 4.79 Å². The van der Waals surface area contributed by atoms with E-state index >= 15 is 0 Å². The van der Waals surface area contributed by atoms with E-state index in [-0.39, 0.29) is 5.97 Å². The van der Waals surface area contributed by atoms with E-state index < -0.39 is 0 Å². The molecule has 0 aliphatic carbocycles. The monoisotopic (exact) mass is 276 g/mol.